The Balaban J connectivity index is 3.01. The maximum atomic E-state index is 12.4. The van der Waals surface area contributed by atoms with Gasteiger partial charge >= 0.3 is 0 Å². The number of nitrogens with zero attached hydrogens (tertiary/aromatic N) is 1. The molecule has 0 aliphatic heterocycles. The topological polar surface area (TPSA) is 4.36 Å². The van der Waals surface area contributed by atoms with Crippen molar-refractivity contribution in [1.82, 2.24) is 0 Å². The first-order chi connectivity index (χ1) is 5.24. The van der Waals surface area contributed by atoms with Gasteiger partial charge in [0.05, 0.1) is 5.02 Å². The first-order valence-corrected chi connectivity index (χ1v) is 3.39. The van der Waals surface area contributed by atoms with Crippen LogP contribution >= 0.6 is 11.6 Å². The molecule has 11 heavy (non-hydrogen) atoms. The monoisotopic (exact) mass is 169 g/mol. The van der Waals surface area contributed by atoms with Crippen LogP contribution in [0.1, 0.15) is 5.56 Å². The third-order valence-electron chi connectivity index (χ3n) is 1.26. The molecule has 0 aliphatic rings. The summed E-state index contributed by atoms with van der Waals surface area (Å²) >= 11 is 5.62. The predicted molar refractivity (Wildman–Crippen MR) is 41.7 cm³/mol. The van der Waals surface area contributed by atoms with Gasteiger partial charge in [0.1, 0.15) is 5.82 Å². The van der Waals surface area contributed by atoms with Crippen molar-refractivity contribution in [3.63, 3.8) is 0 Å². The molecule has 56 valence electrons. The number of rotatable bonds is 1. The van der Waals surface area contributed by atoms with E-state index in [0.29, 0.717) is 10.6 Å². The molecule has 0 N–H and O–H groups in total. The molecule has 1 aromatic rings. The van der Waals surface area contributed by atoms with Crippen molar-refractivity contribution < 1.29 is 4.39 Å². The average molecular weight is 170 g/mol. The molecule has 0 radical (unpaired) electrons. The molecule has 0 amide bonds. The van der Waals surface area contributed by atoms with Crippen molar-refractivity contribution in [3.05, 3.63) is 46.0 Å². The minimum absolute atomic E-state index is 0.207. The van der Waals surface area contributed by atoms with E-state index in [1.807, 2.05) is 0 Å². The molecule has 0 saturated carbocycles. The fraction of sp³-hybridized carbons (Fsp3) is 0.125. The second-order valence-electron chi connectivity index (χ2n) is 2.05. The van der Waals surface area contributed by atoms with Gasteiger partial charge in [0.2, 0.25) is 6.54 Å². The van der Waals surface area contributed by atoms with Crippen molar-refractivity contribution in [2.45, 2.75) is 6.54 Å². The summed E-state index contributed by atoms with van der Waals surface area (Å²) < 4.78 is 12.4. The number of hydrogen-bond acceptors (Lipinski definition) is 0. The minimum Gasteiger partial charge on any atom is -0.312 e. The van der Waals surface area contributed by atoms with Gasteiger partial charge in [-0.25, -0.2) is 11.0 Å². The number of benzene rings is 1. The van der Waals surface area contributed by atoms with Crippen molar-refractivity contribution in [3.8, 4) is 0 Å². The van der Waals surface area contributed by atoms with Gasteiger partial charge in [0.25, 0.3) is 0 Å². The molecule has 0 aromatic heterocycles. The normalized spacial score (nSPS) is 9.18. The third kappa shape index (κ3) is 1.92. The molecule has 0 aliphatic carbocycles. The summed E-state index contributed by atoms with van der Waals surface area (Å²) in [6.07, 6.45) is 0. The van der Waals surface area contributed by atoms with Crippen molar-refractivity contribution in [2.75, 3.05) is 0 Å². The Morgan fingerprint density at radius 3 is 2.82 bits per heavy atom. The van der Waals surface area contributed by atoms with Gasteiger partial charge in [0.15, 0.2) is 0 Å². The molecule has 0 unspecified atom stereocenters. The molecular weight excluding hydrogens is 165 g/mol. The van der Waals surface area contributed by atoms with Gasteiger partial charge in [-0.2, -0.15) is 0 Å². The van der Waals surface area contributed by atoms with E-state index in [0.717, 1.165) is 0 Å². The Labute approximate surface area is 69.2 Å². The van der Waals surface area contributed by atoms with Crippen LogP contribution in [0.25, 0.3) is 4.85 Å². The minimum atomic E-state index is -0.372. The van der Waals surface area contributed by atoms with E-state index < -0.39 is 0 Å². The smallest absolute Gasteiger partial charge is 0.241 e. The Bertz CT molecular complexity index is 303. The quantitative estimate of drug-likeness (QED) is 0.570. The SMILES string of the molecule is [C-]#[N+]Cc1ccc(F)cc1Cl. The molecular formula is C8H5ClFN. The van der Waals surface area contributed by atoms with Crippen molar-refractivity contribution >= 4 is 11.6 Å². The first-order valence-electron chi connectivity index (χ1n) is 3.01. The fourth-order valence-electron chi connectivity index (χ4n) is 0.735. The van der Waals surface area contributed by atoms with Gasteiger partial charge in [-0.1, -0.05) is 11.6 Å². The van der Waals surface area contributed by atoms with Gasteiger partial charge in [0, 0.05) is 5.56 Å². The van der Waals surface area contributed by atoms with Crippen LogP contribution in [0.2, 0.25) is 5.02 Å². The Morgan fingerprint density at radius 1 is 1.55 bits per heavy atom. The van der Waals surface area contributed by atoms with Crippen LogP contribution in [0.4, 0.5) is 4.39 Å². The lowest BCUT2D eigenvalue weighted by Crippen LogP contribution is -1.82. The Morgan fingerprint density at radius 2 is 2.27 bits per heavy atom. The van der Waals surface area contributed by atoms with Crippen LogP contribution in [0.5, 0.6) is 0 Å². The van der Waals surface area contributed by atoms with Crippen LogP contribution in [-0.2, 0) is 6.54 Å². The largest absolute Gasteiger partial charge is 0.312 e. The van der Waals surface area contributed by atoms with Gasteiger partial charge in [-0.05, 0) is 18.2 Å². The maximum Gasteiger partial charge on any atom is 0.241 e. The second kappa shape index (κ2) is 3.36. The molecule has 0 bridgehead atoms. The molecule has 3 heteroatoms. The van der Waals surface area contributed by atoms with E-state index in [1.165, 1.54) is 18.2 Å². The molecule has 1 rings (SSSR count). The van der Waals surface area contributed by atoms with Crippen LogP contribution in [0.3, 0.4) is 0 Å². The molecule has 0 fully saturated rings. The van der Waals surface area contributed by atoms with E-state index in [4.69, 9.17) is 18.2 Å². The van der Waals surface area contributed by atoms with Gasteiger partial charge < -0.3 is 4.85 Å². The Hall–Kier alpha value is -1.07. The van der Waals surface area contributed by atoms with E-state index >= 15 is 0 Å². The molecule has 0 heterocycles. The highest BCUT2D eigenvalue weighted by molar-refractivity contribution is 6.31. The van der Waals surface area contributed by atoms with E-state index in [-0.39, 0.29) is 12.4 Å². The zero-order valence-electron chi connectivity index (χ0n) is 5.64. The summed E-state index contributed by atoms with van der Waals surface area (Å²) in [5, 5.41) is 0.320. The summed E-state index contributed by atoms with van der Waals surface area (Å²) in [4.78, 5) is 3.14. The summed E-state index contributed by atoms with van der Waals surface area (Å²) in [6.45, 7) is 6.77. The molecule has 0 spiro atoms. The molecule has 0 saturated heterocycles. The lowest BCUT2D eigenvalue weighted by atomic mass is 10.2. The molecule has 0 atom stereocenters. The standard InChI is InChI=1S/C8H5ClFN/c1-11-5-6-2-3-7(10)4-8(6)9/h2-4H,5H2. The van der Waals surface area contributed by atoms with Crippen molar-refractivity contribution in [2.24, 2.45) is 0 Å². The van der Waals surface area contributed by atoms with E-state index in [1.54, 1.807) is 0 Å². The molecule has 1 aromatic carbocycles. The number of hydrogen-bond donors (Lipinski definition) is 0. The van der Waals surface area contributed by atoms with Crippen LogP contribution in [0, 0.1) is 12.4 Å². The molecule has 1 nitrogen and oxygen atoms in total. The highest BCUT2D eigenvalue weighted by atomic mass is 35.5. The highest BCUT2D eigenvalue weighted by Gasteiger charge is 2.02. The predicted octanol–water partition coefficient (Wildman–Crippen LogP) is 2.90. The zero-order chi connectivity index (χ0) is 8.27. The lowest BCUT2D eigenvalue weighted by molar-refractivity contribution is 0.627. The van der Waals surface area contributed by atoms with E-state index in [9.17, 15) is 4.39 Å². The summed E-state index contributed by atoms with van der Waals surface area (Å²) in [5.74, 6) is -0.372. The highest BCUT2D eigenvalue weighted by Crippen LogP contribution is 2.17. The van der Waals surface area contributed by atoms with E-state index in [2.05, 4.69) is 4.85 Å². The van der Waals surface area contributed by atoms with Crippen LogP contribution in [-0.4, -0.2) is 0 Å². The number of halogens is 2. The van der Waals surface area contributed by atoms with Gasteiger partial charge in [-0.3, -0.25) is 0 Å². The van der Waals surface area contributed by atoms with Crippen LogP contribution < -0.4 is 0 Å². The lowest BCUT2D eigenvalue weighted by Gasteiger charge is -1.95. The zero-order valence-corrected chi connectivity index (χ0v) is 6.40. The maximum absolute atomic E-state index is 12.4. The second-order valence-corrected chi connectivity index (χ2v) is 2.46. The average Bonchev–Trinajstić information content (AvgIpc) is 1.95. The Kier molecular flexibility index (Phi) is 2.45. The summed E-state index contributed by atoms with van der Waals surface area (Å²) in [5.41, 5.74) is 0.670. The summed E-state index contributed by atoms with van der Waals surface area (Å²) in [7, 11) is 0. The fourth-order valence-corrected chi connectivity index (χ4v) is 0.962. The first kappa shape index (κ1) is 8.03. The third-order valence-corrected chi connectivity index (χ3v) is 1.62. The van der Waals surface area contributed by atoms with Crippen LogP contribution in [0.15, 0.2) is 18.2 Å². The van der Waals surface area contributed by atoms with Crippen molar-refractivity contribution in [1.29, 1.82) is 0 Å². The summed E-state index contributed by atoms with van der Waals surface area (Å²) in [6, 6.07) is 4.03. The van der Waals surface area contributed by atoms with Gasteiger partial charge in [-0.15, -0.1) is 0 Å².